The molecule has 3 heteroatoms. The van der Waals surface area contributed by atoms with Crippen LogP contribution in [0.5, 0.6) is 0 Å². The van der Waals surface area contributed by atoms with Crippen LogP contribution in [0.3, 0.4) is 0 Å². The van der Waals surface area contributed by atoms with Crippen molar-refractivity contribution in [3.63, 3.8) is 0 Å². The van der Waals surface area contributed by atoms with Gasteiger partial charge >= 0.3 is 5.97 Å². The Labute approximate surface area is 140 Å². The van der Waals surface area contributed by atoms with Crippen molar-refractivity contribution >= 4 is 5.97 Å². The van der Waals surface area contributed by atoms with Crippen LogP contribution in [-0.2, 0) is 16.0 Å². The van der Waals surface area contributed by atoms with Crippen molar-refractivity contribution in [2.24, 2.45) is 5.73 Å². The van der Waals surface area contributed by atoms with E-state index in [0.717, 1.165) is 18.4 Å². The minimum absolute atomic E-state index is 0.332. The summed E-state index contributed by atoms with van der Waals surface area (Å²) >= 11 is 0. The highest BCUT2D eigenvalue weighted by Crippen LogP contribution is 2.08. The third kappa shape index (κ3) is 10.6. The normalized spacial score (nSPS) is 11.4. The summed E-state index contributed by atoms with van der Waals surface area (Å²) in [7, 11) is 0. The van der Waals surface area contributed by atoms with E-state index in [0.29, 0.717) is 18.7 Å². The lowest BCUT2D eigenvalue weighted by Crippen LogP contribution is -2.08. The lowest BCUT2D eigenvalue weighted by Gasteiger charge is -2.04. The molecule has 0 radical (unpaired) electrons. The lowest BCUT2D eigenvalue weighted by atomic mass is 10.1. The zero-order chi connectivity index (χ0) is 16.8. The van der Waals surface area contributed by atoms with Crippen molar-refractivity contribution in [1.29, 1.82) is 0 Å². The number of allylic oxidation sites excluding steroid dienone is 1. The summed E-state index contributed by atoms with van der Waals surface area (Å²) in [6.07, 6.45) is 11.9. The van der Waals surface area contributed by atoms with Crippen LogP contribution in [0.1, 0.15) is 63.9 Å². The predicted molar refractivity (Wildman–Crippen MR) is 96.0 cm³/mol. The SMILES string of the molecule is CCCCCCCCCCOC(=O)C=C(N)Cc1ccccc1. The maximum absolute atomic E-state index is 11.7. The van der Waals surface area contributed by atoms with Gasteiger partial charge in [-0.2, -0.15) is 0 Å². The number of esters is 1. The zero-order valence-corrected chi connectivity index (χ0v) is 14.4. The van der Waals surface area contributed by atoms with Gasteiger partial charge in [-0.25, -0.2) is 4.79 Å². The number of hydrogen-bond acceptors (Lipinski definition) is 3. The lowest BCUT2D eigenvalue weighted by molar-refractivity contribution is -0.137. The average molecular weight is 317 g/mol. The van der Waals surface area contributed by atoms with Crippen LogP contribution in [-0.4, -0.2) is 12.6 Å². The van der Waals surface area contributed by atoms with E-state index in [4.69, 9.17) is 10.5 Å². The summed E-state index contributed by atoms with van der Waals surface area (Å²) in [5.41, 5.74) is 7.51. The summed E-state index contributed by atoms with van der Waals surface area (Å²) in [4.78, 5) is 11.7. The van der Waals surface area contributed by atoms with E-state index in [1.54, 1.807) is 0 Å². The molecule has 0 heterocycles. The van der Waals surface area contributed by atoms with Gasteiger partial charge in [-0.15, -0.1) is 0 Å². The van der Waals surface area contributed by atoms with E-state index in [1.165, 1.54) is 44.6 Å². The highest BCUT2D eigenvalue weighted by atomic mass is 16.5. The number of ether oxygens (including phenoxy) is 1. The predicted octanol–water partition coefficient (Wildman–Crippen LogP) is 4.76. The van der Waals surface area contributed by atoms with Gasteiger partial charge in [0.05, 0.1) is 6.61 Å². The van der Waals surface area contributed by atoms with E-state index >= 15 is 0 Å². The molecule has 0 atom stereocenters. The van der Waals surface area contributed by atoms with Crippen molar-refractivity contribution in [3.05, 3.63) is 47.7 Å². The fraction of sp³-hybridized carbons (Fsp3) is 0.550. The van der Waals surface area contributed by atoms with Gasteiger partial charge in [0.1, 0.15) is 0 Å². The Morgan fingerprint density at radius 3 is 2.26 bits per heavy atom. The number of hydrogen-bond donors (Lipinski definition) is 1. The Hall–Kier alpha value is -1.77. The maximum Gasteiger partial charge on any atom is 0.332 e. The van der Waals surface area contributed by atoms with E-state index < -0.39 is 0 Å². The second-order valence-corrected chi connectivity index (χ2v) is 6.02. The van der Waals surface area contributed by atoms with Gasteiger partial charge in [0.15, 0.2) is 0 Å². The van der Waals surface area contributed by atoms with Crippen molar-refractivity contribution in [2.75, 3.05) is 6.61 Å². The maximum atomic E-state index is 11.7. The molecular formula is C20H31NO2. The molecule has 2 N–H and O–H groups in total. The molecule has 1 rings (SSSR count). The minimum atomic E-state index is -0.332. The van der Waals surface area contributed by atoms with Crippen molar-refractivity contribution < 1.29 is 9.53 Å². The van der Waals surface area contributed by atoms with Crippen molar-refractivity contribution in [3.8, 4) is 0 Å². The molecule has 0 amide bonds. The minimum Gasteiger partial charge on any atom is -0.462 e. The van der Waals surface area contributed by atoms with E-state index in [-0.39, 0.29) is 5.97 Å². The molecule has 0 aliphatic rings. The third-order valence-corrected chi connectivity index (χ3v) is 3.80. The summed E-state index contributed by atoms with van der Waals surface area (Å²) < 4.78 is 5.20. The Balaban J connectivity index is 2.06. The second kappa shape index (κ2) is 12.7. The first-order chi connectivity index (χ1) is 11.2. The van der Waals surface area contributed by atoms with Gasteiger partial charge in [0.2, 0.25) is 0 Å². The van der Waals surface area contributed by atoms with Crippen LogP contribution < -0.4 is 5.73 Å². The molecule has 0 saturated heterocycles. The first-order valence-corrected chi connectivity index (χ1v) is 8.89. The number of unbranched alkanes of at least 4 members (excludes halogenated alkanes) is 7. The number of carbonyl (C=O) groups is 1. The van der Waals surface area contributed by atoms with Crippen molar-refractivity contribution in [1.82, 2.24) is 0 Å². The molecule has 0 fully saturated rings. The summed E-state index contributed by atoms with van der Waals surface area (Å²) in [6, 6.07) is 9.87. The van der Waals surface area contributed by atoms with Gasteiger partial charge in [-0.05, 0) is 12.0 Å². The summed E-state index contributed by atoms with van der Waals surface area (Å²) in [6.45, 7) is 2.72. The van der Waals surface area contributed by atoms with E-state index in [1.807, 2.05) is 30.3 Å². The molecule has 23 heavy (non-hydrogen) atoms. The highest BCUT2D eigenvalue weighted by Gasteiger charge is 2.01. The Bertz CT molecular complexity index is 454. The summed E-state index contributed by atoms with van der Waals surface area (Å²) in [5.74, 6) is -0.332. The van der Waals surface area contributed by atoms with Crippen LogP contribution in [0.2, 0.25) is 0 Å². The van der Waals surface area contributed by atoms with Crippen LogP contribution in [0.4, 0.5) is 0 Å². The Morgan fingerprint density at radius 1 is 1.00 bits per heavy atom. The van der Waals surface area contributed by atoms with Gasteiger partial charge in [-0.1, -0.05) is 82.2 Å². The van der Waals surface area contributed by atoms with E-state index in [2.05, 4.69) is 6.92 Å². The molecule has 128 valence electrons. The standard InChI is InChI=1S/C20H31NO2/c1-2-3-4-5-6-7-8-12-15-23-20(22)17-19(21)16-18-13-10-9-11-14-18/h9-11,13-14,17H,2-8,12,15-16,21H2,1H3. The number of rotatable bonds is 12. The molecule has 0 spiro atoms. The molecule has 0 saturated carbocycles. The molecular weight excluding hydrogens is 286 g/mol. The molecule has 0 aliphatic carbocycles. The molecule has 0 unspecified atom stereocenters. The quantitative estimate of drug-likeness (QED) is 0.344. The fourth-order valence-corrected chi connectivity index (χ4v) is 2.48. The Kier molecular flexibility index (Phi) is 10.7. The number of nitrogens with two attached hydrogens (primary N) is 1. The first kappa shape index (κ1) is 19.3. The number of carbonyl (C=O) groups excluding carboxylic acids is 1. The van der Waals surface area contributed by atoms with Crippen LogP contribution in [0.15, 0.2) is 42.1 Å². The average Bonchev–Trinajstić information content (AvgIpc) is 2.54. The fourth-order valence-electron chi connectivity index (χ4n) is 2.48. The van der Waals surface area contributed by atoms with Crippen molar-refractivity contribution in [2.45, 2.75) is 64.7 Å². The highest BCUT2D eigenvalue weighted by molar-refractivity contribution is 5.82. The molecule has 1 aromatic rings. The molecule has 0 bridgehead atoms. The summed E-state index contributed by atoms with van der Waals surface area (Å²) in [5, 5.41) is 0. The topological polar surface area (TPSA) is 52.3 Å². The van der Waals surface area contributed by atoms with Crippen LogP contribution in [0.25, 0.3) is 0 Å². The number of benzene rings is 1. The second-order valence-electron chi connectivity index (χ2n) is 6.02. The van der Waals surface area contributed by atoms with E-state index in [9.17, 15) is 4.79 Å². The third-order valence-electron chi connectivity index (χ3n) is 3.80. The van der Waals surface area contributed by atoms with Gasteiger partial charge in [-0.3, -0.25) is 0 Å². The molecule has 3 nitrogen and oxygen atoms in total. The largest absolute Gasteiger partial charge is 0.462 e. The van der Waals surface area contributed by atoms with Gasteiger partial charge < -0.3 is 10.5 Å². The molecule has 0 aliphatic heterocycles. The monoisotopic (exact) mass is 317 g/mol. The van der Waals surface area contributed by atoms with Crippen LogP contribution >= 0.6 is 0 Å². The Morgan fingerprint density at radius 2 is 1.61 bits per heavy atom. The zero-order valence-electron chi connectivity index (χ0n) is 14.4. The van der Waals surface area contributed by atoms with Gasteiger partial charge in [0, 0.05) is 18.2 Å². The first-order valence-electron chi connectivity index (χ1n) is 8.89. The molecule has 0 aromatic heterocycles. The smallest absolute Gasteiger partial charge is 0.332 e. The van der Waals surface area contributed by atoms with Gasteiger partial charge in [0.25, 0.3) is 0 Å². The van der Waals surface area contributed by atoms with Crippen LogP contribution in [0, 0.1) is 0 Å². The molecule has 1 aromatic carbocycles.